The fourth-order valence-electron chi connectivity index (χ4n) is 1.45. The monoisotopic (exact) mass is 141 g/mol. The molecule has 0 spiro atoms. The summed E-state index contributed by atoms with van der Waals surface area (Å²) in [6.45, 7) is 2.59. The highest BCUT2D eigenvalue weighted by molar-refractivity contribution is 5.76. The molecule has 1 saturated heterocycles. The van der Waals surface area contributed by atoms with Crippen molar-refractivity contribution in [2.75, 3.05) is 13.2 Å². The third-order valence-electron chi connectivity index (χ3n) is 2.00. The maximum absolute atomic E-state index is 10.5. The van der Waals surface area contributed by atoms with Crippen LogP contribution in [-0.2, 0) is 5.11 Å². The molecule has 1 aliphatic heterocycles. The molecule has 3 nitrogen and oxygen atoms in total. The summed E-state index contributed by atoms with van der Waals surface area (Å²) in [5.74, 6) is 0.540. The standard InChI is InChI=1S/C7H13N2O/c1-6(8)9-4-2-3-7(9)5-10/h7-8H,2-5H2,1H3. The van der Waals surface area contributed by atoms with Gasteiger partial charge >= 0.3 is 0 Å². The minimum atomic E-state index is -0.0593. The van der Waals surface area contributed by atoms with Crippen molar-refractivity contribution in [3.63, 3.8) is 0 Å². The highest BCUT2D eigenvalue weighted by Gasteiger charge is 2.23. The van der Waals surface area contributed by atoms with Gasteiger partial charge in [0.25, 0.3) is 0 Å². The lowest BCUT2D eigenvalue weighted by Crippen LogP contribution is -2.35. The molecule has 1 unspecified atom stereocenters. The van der Waals surface area contributed by atoms with Crippen LogP contribution in [0.25, 0.3) is 0 Å². The van der Waals surface area contributed by atoms with E-state index in [4.69, 9.17) is 5.41 Å². The Morgan fingerprint density at radius 1 is 1.80 bits per heavy atom. The summed E-state index contributed by atoms with van der Waals surface area (Å²) in [6.07, 6.45) is 2.04. The van der Waals surface area contributed by atoms with Crippen molar-refractivity contribution < 1.29 is 5.11 Å². The van der Waals surface area contributed by atoms with E-state index in [9.17, 15) is 5.11 Å². The van der Waals surface area contributed by atoms with Crippen LogP contribution in [0.4, 0.5) is 0 Å². The fourth-order valence-corrected chi connectivity index (χ4v) is 1.45. The summed E-state index contributed by atoms with van der Waals surface area (Å²) in [5.41, 5.74) is 0. The second-order valence-electron chi connectivity index (χ2n) is 2.74. The number of rotatable bonds is 1. The summed E-state index contributed by atoms with van der Waals surface area (Å²) in [4.78, 5) is 1.90. The maximum atomic E-state index is 10.5. The van der Waals surface area contributed by atoms with Gasteiger partial charge in [-0.15, -0.1) is 0 Å². The van der Waals surface area contributed by atoms with Crippen LogP contribution in [0, 0.1) is 5.41 Å². The first-order valence-corrected chi connectivity index (χ1v) is 3.65. The molecule has 0 amide bonds. The molecule has 1 radical (unpaired) electrons. The zero-order chi connectivity index (χ0) is 7.56. The SMILES string of the molecule is CC(=N)N1CCCC1C[O]. The summed E-state index contributed by atoms with van der Waals surface area (Å²) in [5, 5.41) is 17.8. The van der Waals surface area contributed by atoms with E-state index < -0.39 is 0 Å². The minimum Gasteiger partial charge on any atom is -0.355 e. The summed E-state index contributed by atoms with van der Waals surface area (Å²) >= 11 is 0. The molecule has 3 heteroatoms. The average molecular weight is 141 g/mol. The van der Waals surface area contributed by atoms with Gasteiger partial charge in [0.2, 0.25) is 0 Å². The number of nitrogens with one attached hydrogen (secondary N) is 1. The molecule has 1 fully saturated rings. The molecule has 10 heavy (non-hydrogen) atoms. The van der Waals surface area contributed by atoms with Gasteiger partial charge in [-0.2, -0.15) is 0 Å². The quantitative estimate of drug-likeness (QED) is 0.427. The molecule has 0 saturated carbocycles. The zero-order valence-corrected chi connectivity index (χ0v) is 6.26. The van der Waals surface area contributed by atoms with Gasteiger partial charge in [0.15, 0.2) is 0 Å². The van der Waals surface area contributed by atoms with Crippen LogP contribution in [0.1, 0.15) is 19.8 Å². The van der Waals surface area contributed by atoms with E-state index >= 15 is 0 Å². The molecule has 0 aliphatic carbocycles. The number of likely N-dealkylation sites (tertiary alicyclic amines) is 1. The van der Waals surface area contributed by atoms with Crippen molar-refractivity contribution in [1.82, 2.24) is 4.90 Å². The molecule has 57 valence electrons. The van der Waals surface area contributed by atoms with E-state index in [0.717, 1.165) is 19.4 Å². The fraction of sp³-hybridized carbons (Fsp3) is 0.857. The predicted octanol–water partition coefficient (Wildman–Crippen LogP) is 0.878. The first kappa shape index (κ1) is 7.54. The normalized spacial score (nSPS) is 25.4. The minimum absolute atomic E-state index is 0.0593. The van der Waals surface area contributed by atoms with Gasteiger partial charge in [-0.05, 0) is 19.8 Å². The highest BCUT2D eigenvalue weighted by atomic mass is 16.3. The second-order valence-corrected chi connectivity index (χ2v) is 2.74. The van der Waals surface area contributed by atoms with Crippen LogP contribution >= 0.6 is 0 Å². The number of hydrogen-bond acceptors (Lipinski definition) is 1. The summed E-state index contributed by atoms with van der Waals surface area (Å²) in [6, 6.07) is 0.109. The molecule has 1 N–H and O–H groups in total. The lowest BCUT2D eigenvalue weighted by atomic mass is 10.2. The largest absolute Gasteiger partial charge is 0.355 e. The molecule has 1 heterocycles. The van der Waals surface area contributed by atoms with Crippen LogP contribution in [-0.4, -0.2) is 29.9 Å². The van der Waals surface area contributed by atoms with E-state index in [0.29, 0.717) is 5.84 Å². The van der Waals surface area contributed by atoms with Gasteiger partial charge in [0.05, 0.1) is 11.9 Å². The Balaban J connectivity index is 2.50. The van der Waals surface area contributed by atoms with Gasteiger partial charge in [-0.1, -0.05) is 0 Å². The van der Waals surface area contributed by atoms with Gasteiger partial charge in [-0.3, -0.25) is 5.41 Å². The molecular formula is C7H13N2O. The Hall–Kier alpha value is -0.570. The Bertz CT molecular complexity index is 136. The lowest BCUT2D eigenvalue weighted by Gasteiger charge is -2.22. The first-order chi connectivity index (χ1) is 4.75. The molecule has 0 aromatic carbocycles. The Morgan fingerprint density at radius 3 is 2.90 bits per heavy atom. The van der Waals surface area contributed by atoms with E-state index in [1.807, 2.05) is 4.90 Å². The number of hydrogen-bond donors (Lipinski definition) is 1. The van der Waals surface area contributed by atoms with E-state index in [1.165, 1.54) is 0 Å². The van der Waals surface area contributed by atoms with Crippen molar-refractivity contribution in [2.45, 2.75) is 25.8 Å². The Kier molecular flexibility index (Phi) is 2.27. The molecule has 0 bridgehead atoms. The van der Waals surface area contributed by atoms with E-state index in [2.05, 4.69) is 0 Å². The molecule has 1 atom stereocenters. The van der Waals surface area contributed by atoms with Crippen LogP contribution in [0.5, 0.6) is 0 Å². The predicted molar refractivity (Wildman–Crippen MR) is 38.7 cm³/mol. The van der Waals surface area contributed by atoms with Crippen LogP contribution in [0.2, 0.25) is 0 Å². The summed E-state index contributed by atoms with van der Waals surface area (Å²) < 4.78 is 0. The average Bonchev–Trinajstić information content (AvgIpc) is 2.33. The van der Waals surface area contributed by atoms with Crippen molar-refractivity contribution in [1.29, 1.82) is 5.41 Å². The third-order valence-corrected chi connectivity index (χ3v) is 2.00. The van der Waals surface area contributed by atoms with Crippen molar-refractivity contribution in [3.8, 4) is 0 Å². The van der Waals surface area contributed by atoms with Crippen molar-refractivity contribution in [3.05, 3.63) is 0 Å². The Morgan fingerprint density at radius 2 is 2.50 bits per heavy atom. The zero-order valence-electron chi connectivity index (χ0n) is 6.26. The van der Waals surface area contributed by atoms with Crippen LogP contribution in [0.15, 0.2) is 0 Å². The number of amidine groups is 1. The van der Waals surface area contributed by atoms with Gasteiger partial charge in [0.1, 0.15) is 6.61 Å². The van der Waals surface area contributed by atoms with E-state index in [1.54, 1.807) is 6.92 Å². The third kappa shape index (κ3) is 1.29. The van der Waals surface area contributed by atoms with Crippen LogP contribution < -0.4 is 0 Å². The smallest absolute Gasteiger partial charge is 0.103 e. The molecule has 1 rings (SSSR count). The maximum Gasteiger partial charge on any atom is 0.103 e. The molecule has 0 aromatic rings. The first-order valence-electron chi connectivity index (χ1n) is 3.65. The second kappa shape index (κ2) is 3.01. The highest BCUT2D eigenvalue weighted by Crippen LogP contribution is 2.16. The van der Waals surface area contributed by atoms with Crippen molar-refractivity contribution >= 4 is 5.84 Å². The van der Waals surface area contributed by atoms with Gasteiger partial charge in [0, 0.05) is 6.54 Å². The molecular weight excluding hydrogens is 128 g/mol. The molecule has 1 aliphatic rings. The molecule has 0 aromatic heterocycles. The topological polar surface area (TPSA) is 47.0 Å². The van der Waals surface area contributed by atoms with Gasteiger partial charge < -0.3 is 4.90 Å². The van der Waals surface area contributed by atoms with Crippen molar-refractivity contribution in [2.24, 2.45) is 0 Å². The van der Waals surface area contributed by atoms with Crippen LogP contribution in [0.3, 0.4) is 0 Å². The lowest BCUT2D eigenvalue weighted by molar-refractivity contribution is 0.136. The van der Waals surface area contributed by atoms with E-state index in [-0.39, 0.29) is 12.6 Å². The van der Waals surface area contributed by atoms with Gasteiger partial charge in [-0.25, -0.2) is 5.11 Å². The Labute approximate surface area is 61.2 Å². The summed E-state index contributed by atoms with van der Waals surface area (Å²) in [7, 11) is 0. The number of nitrogens with zero attached hydrogens (tertiary/aromatic N) is 1.